The Morgan fingerprint density at radius 3 is 0.801 bits per heavy atom. The van der Waals surface area contributed by atoms with Crippen molar-refractivity contribution in [3.05, 3.63) is 492 Å². The van der Waals surface area contributed by atoms with E-state index in [1.165, 1.54) is 25.8 Å². The Bertz CT molecular complexity index is 8660. The molecule has 0 atom stereocenters. The number of hydrogen-bond donors (Lipinski definition) is 0. The first-order valence-electron chi connectivity index (χ1n) is 45.6. The van der Waals surface area contributed by atoms with Gasteiger partial charge in [-0.05, 0) is 145 Å². The van der Waals surface area contributed by atoms with Crippen LogP contribution in [-0.4, -0.2) is 49.1 Å². The zero-order chi connectivity index (χ0) is 92.1. The number of benzene rings is 19. The van der Waals surface area contributed by atoms with E-state index in [1.807, 2.05) is 224 Å². The minimum absolute atomic E-state index is 0.313. The number of imide groups is 3. The third kappa shape index (κ3) is 13.8. The van der Waals surface area contributed by atoms with Crippen LogP contribution < -0.4 is 14.7 Å². The van der Waals surface area contributed by atoms with Crippen LogP contribution in [0.2, 0.25) is 0 Å². The highest BCUT2D eigenvalue weighted by Gasteiger charge is 2.44. The van der Waals surface area contributed by atoms with Gasteiger partial charge in [0.1, 0.15) is 0 Å². The number of carbonyl (C=O) groups is 6. The van der Waals surface area contributed by atoms with Gasteiger partial charge in [-0.15, -0.1) is 0 Å². The molecule has 0 saturated carbocycles. The molecule has 0 fully saturated rings. The first-order chi connectivity index (χ1) is 66.7. The molecule has 646 valence electrons. The van der Waals surface area contributed by atoms with Gasteiger partial charge in [0.2, 0.25) is 0 Å². The molecule has 12 heteroatoms. The van der Waals surface area contributed by atoms with E-state index in [9.17, 15) is 28.8 Å². The van der Waals surface area contributed by atoms with Gasteiger partial charge in [-0.1, -0.05) is 386 Å². The Morgan fingerprint density at radius 2 is 0.404 bits per heavy atom. The molecule has 6 amide bonds. The van der Waals surface area contributed by atoms with Gasteiger partial charge in [0.05, 0.1) is 101 Å². The molecule has 0 radical (unpaired) electrons. The third-order valence-corrected chi connectivity index (χ3v) is 26.6. The summed E-state index contributed by atoms with van der Waals surface area (Å²) in [6, 6.07) is 145. The predicted octanol–water partition coefficient (Wildman–Crippen LogP) is 29.7. The molecule has 136 heavy (non-hydrogen) atoms. The number of aromatic nitrogens is 3. The number of carbonyl (C=O) groups excluding carboxylic acids is 6. The lowest BCUT2D eigenvalue weighted by Gasteiger charge is -2.19. The van der Waals surface area contributed by atoms with E-state index in [4.69, 9.17) is 0 Å². The lowest BCUT2D eigenvalue weighted by Crippen LogP contribution is -2.30. The second kappa shape index (κ2) is 33.7. The monoisotopic (exact) mass is 1750 g/mol. The minimum atomic E-state index is -0.333. The molecular formula is C124H84N6O6. The molecule has 3 aromatic heterocycles. The molecule has 0 bridgehead atoms. The van der Waals surface area contributed by atoms with Gasteiger partial charge in [-0.25, -0.2) is 14.7 Å². The van der Waals surface area contributed by atoms with Crippen molar-refractivity contribution in [3.63, 3.8) is 0 Å². The van der Waals surface area contributed by atoms with Crippen molar-refractivity contribution in [2.75, 3.05) is 14.7 Å². The van der Waals surface area contributed by atoms with Crippen molar-refractivity contribution in [2.45, 2.75) is 27.7 Å². The standard InChI is InChI=1S/C46H32N2O2.2C39H26N2O2/c1-29-13-8-17-32(27-29)35-20-10-22-37-38-23-11-21-36(33-18-9-14-30(2)28-33)44(38)47(43(35)37)41-26-12-24-39-42(41)46(50)48(45(39)49)40-25-7-6-19-34(40)31-15-4-3-5-16-31;1-25-12-9-15-27(24-25)29-18-10-19-31-30-17-6-8-22-34(30)40(37(29)31)35-23-11-20-32-36(35)39(43)41(38(32)42)33-21-7-5-16-28(33)26-13-3-2-4-14-26;1-25-11-9-14-27(23-25)28-21-22-31-30-16-6-8-19-34(30)40(36(31)24-28)35-20-10-17-32-37(35)39(43)41(38(32)42)33-18-7-5-15-29(33)26-12-3-2-4-13-26/h3-28H,1-2H3;2*2-24H,1H3. The van der Waals surface area contributed by atoms with E-state index in [1.54, 1.807) is 18.2 Å². The molecule has 0 spiro atoms. The fraction of sp³-hybridized carbons (Fsp3) is 0.0323. The molecular weight excluding hydrogens is 1670 g/mol. The highest BCUT2D eigenvalue weighted by atomic mass is 16.2. The van der Waals surface area contributed by atoms with E-state index >= 15 is 0 Å². The van der Waals surface area contributed by atoms with Crippen LogP contribution in [0.1, 0.15) is 84.4 Å². The quantitative estimate of drug-likeness (QED) is 0.106. The van der Waals surface area contributed by atoms with Crippen LogP contribution in [0.3, 0.4) is 0 Å². The first-order valence-corrected chi connectivity index (χ1v) is 45.6. The van der Waals surface area contributed by atoms with E-state index in [-0.39, 0.29) is 35.4 Å². The number of hydrogen-bond acceptors (Lipinski definition) is 6. The maximum Gasteiger partial charge on any atom is 0.268 e. The molecule has 0 N–H and O–H groups in total. The Hall–Kier alpha value is -18.0. The molecule has 25 rings (SSSR count). The zero-order valence-corrected chi connectivity index (χ0v) is 74.7. The van der Waals surface area contributed by atoms with Gasteiger partial charge in [0.25, 0.3) is 35.4 Å². The smallest absolute Gasteiger partial charge is 0.268 e. The van der Waals surface area contributed by atoms with Gasteiger partial charge in [-0.2, -0.15) is 0 Å². The van der Waals surface area contributed by atoms with Crippen molar-refractivity contribution >= 4 is 118 Å². The summed E-state index contributed by atoms with van der Waals surface area (Å²) in [6.45, 7) is 8.39. The third-order valence-electron chi connectivity index (χ3n) is 26.6. The zero-order valence-electron chi connectivity index (χ0n) is 74.7. The van der Waals surface area contributed by atoms with Gasteiger partial charge < -0.3 is 13.7 Å². The van der Waals surface area contributed by atoms with E-state index < -0.39 is 0 Å². The largest absolute Gasteiger partial charge is 0.308 e. The normalized spacial score (nSPS) is 12.8. The van der Waals surface area contributed by atoms with E-state index in [0.717, 1.165) is 154 Å². The van der Waals surface area contributed by atoms with E-state index in [2.05, 4.69) is 236 Å². The Balaban J connectivity index is 0.000000115. The van der Waals surface area contributed by atoms with Crippen molar-refractivity contribution in [3.8, 4) is 95.0 Å². The number of anilines is 3. The van der Waals surface area contributed by atoms with Crippen LogP contribution in [0.4, 0.5) is 17.1 Å². The maximum atomic E-state index is 14.9. The Labute approximate surface area is 785 Å². The summed E-state index contributed by atoms with van der Waals surface area (Å²) in [4.78, 5) is 90.2. The fourth-order valence-corrected chi connectivity index (χ4v) is 20.6. The van der Waals surface area contributed by atoms with Crippen LogP contribution in [0.25, 0.3) is 160 Å². The highest BCUT2D eigenvalue weighted by molar-refractivity contribution is 6.39. The maximum absolute atomic E-state index is 14.9. The molecule has 3 aliphatic rings. The van der Waals surface area contributed by atoms with Crippen molar-refractivity contribution in [1.29, 1.82) is 0 Å². The van der Waals surface area contributed by atoms with Crippen molar-refractivity contribution in [2.24, 2.45) is 0 Å². The van der Waals surface area contributed by atoms with Crippen molar-refractivity contribution in [1.82, 2.24) is 13.7 Å². The Kier molecular flexibility index (Phi) is 20.4. The summed E-state index contributed by atoms with van der Waals surface area (Å²) >= 11 is 0. The number of amides is 6. The van der Waals surface area contributed by atoms with Gasteiger partial charge in [0.15, 0.2) is 0 Å². The lowest BCUT2D eigenvalue weighted by molar-refractivity contribution is 0.0910. The van der Waals surface area contributed by atoms with Crippen LogP contribution in [-0.2, 0) is 0 Å². The topological polar surface area (TPSA) is 127 Å². The summed E-state index contributed by atoms with van der Waals surface area (Å²) in [5, 5.41) is 6.52. The van der Waals surface area contributed by atoms with Crippen LogP contribution in [0.15, 0.2) is 437 Å². The number of rotatable bonds is 13. The number of fused-ring (bicyclic) bond motifs is 12. The fourth-order valence-electron chi connectivity index (χ4n) is 20.6. The summed E-state index contributed by atoms with van der Waals surface area (Å²) in [5.74, 6) is -1.93. The second-order valence-electron chi connectivity index (χ2n) is 34.9. The average molecular weight is 1750 g/mol. The summed E-state index contributed by atoms with van der Waals surface area (Å²) in [7, 11) is 0. The van der Waals surface area contributed by atoms with E-state index in [0.29, 0.717) is 67.5 Å². The van der Waals surface area contributed by atoms with Crippen LogP contribution >= 0.6 is 0 Å². The molecule has 0 unspecified atom stereocenters. The number of aryl methyl sites for hydroxylation is 4. The molecule has 19 aromatic carbocycles. The van der Waals surface area contributed by atoms with Gasteiger partial charge in [0, 0.05) is 65.7 Å². The van der Waals surface area contributed by atoms with Crippen LogP contribution in [0.5, 0.6) is 0 Å². The molecule has 3 aliphatic heterocycles. The number of nitrogens with zero attached hydrogens (tertiary/aromatic N) is 6. The second-order valence-corrected chi connectivity index (χ2v) is 34.9. The average Bonchev–Trinajstić information content (AvgIpc) is 1.56. The summed E-state index contributed by atoms with van der Waals surface area (Å²) < 4.78 is 6.54. The lowest BCUT2D eigenvalue weighted by atomic mass is 9.99. The first kappa shape index (κ1) is 82.4. The Morgan fingerprint density at radius 1 is 0.154 bits per heavy atom. The molecule has 12 nitrogen and oxygen atoms in total. The molecule has 0 aliphatic carbocycles. The molecule has 6 heterocycles. The van der Waals surface area contributed by atoms with Gasteiger partial charge >= 0.3 is 0 Å². The molecule has 0 saturated heterocycles. The highest BCUT2D eigenvalue weighted by Crippen LogP contribution is 2.49. The number of para-hydroxylation sites is 8. The van der Waals surface area contributed by atoms with Crippen molar-refractivity contribution < 1.29 is 28.8 Å². The van der Waals surface area contributed by atoms with Gasteiger partial charge in [-0.3, -0.25) is 28.8 Å². The molecule has 22 aromatic rings. The summed E-state index contributed by atoms with van der Waals surface area (Å²) in [5.41, 5.74) is 30.9. The van der Waals surface area contributed by atoms with Crippen LogP contribution in [0, 0.1) is 27.7 Å². The predicted molar refractivity (Wildman–Crippen MR) is 552 cm³/mol. The minimum Gasteiger partial charge on any atom is -0.308 e. The SMILES string of the molecule is Cc1cccc(-c2ccc3c4ccccc4n(-c4cccc5c4C(=O)N(c4ccccc4-c4ccccc4)C5=O)c3c2)c1.Cc1cccc(-c2cccc3c4cccc(-c5cccc(C)c5)c4n(-c4cccc5c4C(=O)N(c4ccccc4-c4ccccc4)C5=O)c23)c1.Cc1cccc(-c2cccc3c4ccccc4n(-c4cccc5c4C(=O)N(c4ccccc4-c4ccccc4)C5=O)c23)c1. The summed E-state index contributed by atoms with van der Waals surface area (Å²) in [6.07, 6.45) is 0.